The van der Waals surface area contributed by atoms with Gasteiger partial charge in [0.1, 0.15) is 5.15 Å². The maximum absolute atomic E-state index is 11.7. The van der Waals surface area contributed by atoms with E-state index in [-0.39, 0.29) is 11.8 Å². The van der Waals surface area contributed by atoms with Crippen LogP contribution in [-0.2, 0) is 4.79 Å². The van der Waals surface area contributed by atoms with E-state index in [0.29, 0.717) is 11.0 Å². The van der Waals surface area contributed by atoms with Crippen LogP contribution < -0.4 is 5.32 Å². The second kappa shape index (κ2) is 4.81. The van der Waals surface area contributed by atoms with Gasteiger partial charge < -0.3 is 5.32 Å². The third-order valence-corrected chi connectivity index (χ3v) is 3.53. The molecule has 1 saturated heterocycles. The van der Waals surface area contributed by atoms with Crippen LogP contribution >= 0.6 is 23.4 Å². The Morgan fingerprint density at radius 3 is 3.00 bits per heavy atom. The molecule has 15 heavy (non-hydrogen) atoms. The zero-order valence-electron chi connectivity index (χ0n) is 7.94. The van der Waals surface area contributed by atoms with Gasteiger partial charge in [-0.25, -0.2) is 9.97 Å². The minimum Gasteiger partial charge on any atom is -0.309 e. The van der Waals surface area contributed by atoms with Gasteiger partial charge in [0.2, 0.25) is 5.91 Å². The molecular weight excluding hydrogens is 234 g/mol. The Balaban J connectivity index is 1.96. The van der Waals surface area contributed by atoms with Crippen molar-refractivity contribution in [1.29, 1.82) is 0 Å². The van der Waals surface area contributed by atoms with Gasteiger partial charge in [0.15, 0.2) is 5.82 Å². The number of amides is 1. The molecular formula is C9H10ClN3OS. The average molecular weight is 244 g/mol. The van der Waals surface area contributed by atoms with Gasteiger partial charge in [-0.05, 0) is 12.2 Å². The van der Waals surface area contributed by atoms with E-state index >= 15 is 0 Å². The number of aromatic nitrogens is 2. The quantitative estimate of drug-likeness (QED) is 0.861. The third kappa shape index (κ3) is 2.82. The highest BCUT2D eigenvalue weighted by atomic mass is 35.5. The highest BCUT2D eigenvalue weighted by Crippen LogP contribution is 2.24. The molecule has 1 unspecified atom stereocenters. The van der Waals surface area contributed by atoms with Crippen LogP contribution in [0.4, 0.5) is 5.82 Å². The smallest absolute Gasteiger partial charge is 0.229 e. The van der Waals surface area contributed by atoms with Gasteiger partial charge in [0.25, 0.3) is 0 Å². The molecule has 1 aromatic rings. The van der Waals surface area contributed by atoms with Crippen molar-refractivity contribution < 1.29 is 4.79 Å². The fourth-order valence-electron chi connectivity index (χ4n) is 1.35. The molecule has 2 rings (SSSR count). The first-order valence-electron chi connectivity index (χ1n) is 4.62. The summed E-state index contributed by atoms with van der Waals surface area (Å²) in [5.74, 6) is 2.54. The van der Waals surface area contributed by atoms with Gasteiger partial charge in [-0.2, -0.15) is 11.8 Å². The lowest BCUT2D eigenvalue weighted by atomic mass is 10.1. The molecule has 0 saturated carbocycles. The summed E-state index contributed by atoms with van der Waals surface area (Å²) in [6.07, 6.45) is 3.82. The van der Waals surface area contributed by atoms with Gasteiger partial charge in [0, 0.05) is 11.7 Å². The standard InChI is InChI=1S/C9H10ClN3OS/c10-7-3-12-8(4-11-7)13-9(14)6-1-2-15-5-6/h3-4,6H,1-2,5H2,(H,12,13,14). The molecule has 1 atom stereocenters. The summed E-state index contributed by atoms with van der Waals surface area (Å²) in [5, 5.41) is 3.05. The normalized spacial score (nSPS) is 20.2. The molecule has 1 N–H and O–H groups in total. The number of hydrogen-bond acceptors (Lipinski definition) is 4. The van der Waals surface area contributed by atoms with Crippen molar-refractivity contribution in [3.63, 3.8) is 0 Å². The molecule has 1 amide bonds. The Morgan fingerprint density at radius 1 is 1.53 bits per heavy atom. The molecule has 0 radical (unpaired) electrons. The number of halogens is 1. The van der Waals surface area contributed by atoms with E-state index in [4.69, 9.17) is 11.6 Å². The molecule has 2 heterocycles. The minimum absolute atomic E-state index is 0.0247. The minimum atomic E-state index is 0.0247. The van der Waals surface area contributed by atoms with Crippen LogP contribution in [0.25, 0.3) is 0 Å². The summed E-state index contributed by atoms with van der Waals surface area (Å²) < 4.78 is 0. The summed E-state index contributed by atoms with van der Waals surface area (Å²) in [7, 11) is 0. The number of nitrogens with one attached hydrogen (secondary N) is 1. The first-order valence-corrected chi connectivity index (χ1v) is 6.15. The van der Waals surface area contributed by atoms with Crippen molar-refractivity contribution in [2.75, 3.05) is 16.8 Å². The highest BCUT2D eigenvalue weighted by Gasteiger charge is 2.23. The third-order valence-electron chi connectivity index (χ3n) is 2.17. The zero-order chi connectivity index (χ0) is 10.7. The molecule has 4 nitrogen and oxygen atoms in total. The van der Waals surface area contributed by atoms with E-state index in [1.165, 1.54) is 12.4 Å². The lowest BCUT2D eigenvalue weighted by Gasteiger charge is -2.08. The largest absolute Gasteiger partial charge is 0.309 e. The van der Waals surface area contributed by atoms with Crippen molar-refractivity contribution in [3.8, 4) is 0 Å². The second-order valence-electron chi connectivity index (χ2n) is 3.27. The average Bonchev–Trinajstić information content (AvgIpc) is 2.74. The summed E-state index contributed by atoms with van der Waals surface area (Å²) in [4.78, 5) is 19.5. The van der Waals surface area contributed by atoms with Crippen LogP contribution in [-0.4, -0.2) is 27.4 Å². The molecule has 1 aliphatic heterocycles. The molecule has 0 bridgehead atoms. The maximum Gasteiger partial charge on any atom is 0.229 e. The van der Waals surface area contributed by atoms with E-state index in [0.717, 1.165) is 17.9 Å². The van der Waals surface area contributed by atoms with E-state index in [1.807, 2.05) is 0 Å². The molecule has 80 valence electrons. The van der Waals surface area contributed by atoms with Gasteiger partial charge in [-0.15, -0.1) is 0 Å². The van der Waals surface area contributed by atoms with Gasteiger partial charge in [0.05, 0.1) is 12.4 Å². The molecule has 0 aromatic carbocycles. The van der Waals surface area contributed by atoms with Crippen LogP contribution in [0.5, 0.6) is 0 Å². The second-order valence-corrected chi connectivity index (χ2v) is 4.81. The van der Waals surface area contributed by atoms with E-state index in [9.17, 15) is 4.79 Å². The van der Waals surface area contributed by atoms with Crippen molar-refractivity contribution >= 4 is 35.1 Å². The summed E-state index contributed by atoms with van der Waals surface area (Å²) in [5.41, 5.74) is 0. The van der Waals surface area contributed by atoms with Crippen molar-refractivity contribution in [2.45, 2.75) is 6.42 Å². The summed E-state index contributed by atoms with van der Waals surface area (Å²) >= 11 is 7.39. The lowest BCUT2D eigenvalue weighted by Crippen LogP contribution is -2.22. The number of hydrogen-bond donors (Lipinski definition) is 1. The molecule has 0 spiro atoms. The first-order chi connectivity index (χ1) is 7.25. The Kier molecular flexibility index (Phi) is 3.43. The Bertz CT molecular complexity index is 351. The molecule has 1 aliphatic rings. The van der Waals surface area contributed by atoms with Crippen LogP contribution in [0, 0.1) is 5.92 Å². The fraction of sp³-hybridized carbons (Fsp3) is 0.444. The summed E-state index contributed by atoms with van der Waals surface area (Å²) in [6.45, 7) is 0. The molecule has 6 heteroatoms. The number of carbonyl (C=O) groups is 1. The van der Waals surface area contributed by atoms with Gasteiger partial charge in [-0.1, -0.05) is 11.6 Å². The van der Waals surface area contributed by atoms with Gasteiger partial charge in [-0.3, -0.25) is 4.79 Å². The topological polar surface area (TPSA) is 54.9 Å². The number of nitrogens with zero attached hydrogens (tertiary/aromatic N) is 2. The van der Waals surface area contributed by atoms with Gasteiger partial charge >= 0.3 is 0 Å². The van der Waals surface area contributed by atoms with E-state index < -0.39 is 0 Å². The molecule has 0 aliphatic carbocycles. The monoisotopic (exact) mass is 243 g/mol. The van der Waals surface area contributed by atoms with Crippen molar-refractivity contribution in [3.05, 3.63) is 17.5 Å². The van der Waals surface area contributed by atoms with E-state index in [2.05, 4.69) is 15.3 Å². The van der Waals surface area contributed by atoms with Crippen LogP contribution in [0.15, 0.2) is 12.4 Å². The van der Waals surface area contributed by atoms with Crippen LogP contribution in [0.2, 0.25) is 5.15 Å². The van der Waals surface area contributed by atoms with Crippen LogP contribution in [0.1, 0.15) is 6.42 Å². The van der Waals surface area contributed by atoms with Crippen LogP contribution in [0.3, 0.4) is 0 Å². The Hall–Kier alpha value is -0.810. The first kappa shape index (κ1) is 10.7. The lowest BCUT2D eigenvalue weighted by molar-refractivity contribution is -0.119. The number of thioether (sulfide) groups is 1. The zero-order valence-corrected chi connectivity index (χ0v) is 9.51. The Morgan fingerprint density at radius 2 is 2.40 bits per heavy atom. The number of anilines is 1. The number of carbonyl (C=O) groups excluding carboxylic acids is 1. The SMILES string of the molecule is O=C(Nc1cnc(Cl)cn1)C1CCSC1. The van der Waals surface area contributed by atoms with Crippen molar-refractivity contribution in [2.24, 2.45) is 5.92 Å². The maximum atomic E-state index is 11.7. The molecule has 1 fully saturated rings. The van der Waals surface area contributed by atoms with E-state index in [1.54, 1.807) is 11.8 Å². The number of rotatable bonds is 2. The summed E-state index contributed by atoms with van der Waals surface area (Å²) in [6, 6.07) is 0. The fourth-order valence-corrected chi connectivity index (χ4v) is 2.66. The van der Waals surface area contributed by atoms with Crippen molar-refractivity contribution in [1.82, 2.24) is 9.97 Å². The predicted octanol–water partition coefficient (Wildman–Crippen LogP) is 1.82. The Labute approximate surface area is 96.8 Å². The predicted molar refractivity (Wildman–Crippen MR) is 61.1 cm³/mol. The highest BCUT2D eigenvalue weighted by molar-refractivity contribution is 7.99. The molecule has 1 aromatic heterocycles.